The molecule has 0 unspecified atom stereocenters. The number of benzene rings is 1. The van der Waals surface area contributed by atoms with Gasteiger partial charge in [0.25, 0.3) is 0 Å². The van der Waals surface area contributed by atoms with Crippen molar-refractivity contribution in [3.63, 3.8) is 0 Å². The highest BCUT2D eigenvalue weighted by Crippen LogP contribution is 2.43. The zero-order valence-electron chi connectivity index (χ0n) is 11.7. The van der Waals surface area contributed by atoms with E-state index in [0.29, 0.717) is 5.41 Å². The van der Waals surface area contributed by atoms with Gasteiger partial charge >= 0.3 is 0 Å². The van der Waals surface area contributed by atoms with Crippen molar-refractivity contribution in [2.75, 3.05) is 13.2 Å². The Morgan fingerprint density at radius 1 is 1.17 bits per heavy atom. The molecule has 18 heavy (non-hydrogen) atoms. The topological polar surface area (TPSA) is 21.3 Å². The molecule has 0 saturated heterocycles. The van der Waals surface area contributed by atoms with Gasteiger partial charge in [0, 0.05) is 13.1 Å². The number of nitrogens with one attached hydrogen (secondary N) is 1. The molecule has 1 aliphatic rings. The molecule has 0 aromatic heterocycles. The van der Waals surface area contributed by atoms with Crippen LogP contribution >= 0.6 is 0 Å². The van der Waals surface area contributed by atoms with Crippen LogP contribution in [0.4, 0.5) is 0 Å². The molecule has 1 aliphatic carbocycles. The van der Waals surface area contributed by atoms with E-state index >= 15 is 0 Å². The van der Waals surface area contributed by atoms with Crippen LogP contribution in [0.5, 0.6) is 5.75 Å². The summed E-state index contributed by atoms with van der Waals surface area (Å²) < 4.78 is 5.44. The minimum atomic E-state index is 0.602. The summed E-state index contributed by atoms with van der Waals surface area (Å²) in [6, 6.07) is 8.41. The van der Waals surface area contributed by atoms with E-state index in [1.165, 1.54) is 31.2 Å². The third-order valence-electron chi connectivity index (χ3n) is 4.23. The lowest BCUT2D eigenvalue weighted by molar-refractivity contribution is 0.124. The highest BCUT2D eigenvalue weighted by Gasteiger charge is 2.34. The van der Waals surface area contributed by atoms with Gasteiger partial charge in [0.1, 0.15) is 5.75 Å². The van der Waals surface area contributed by atoms with Gasteiger partial charge in [-0.3, -0.25) is 0 Å². The number of hydrogen-bond acceptors (Lipinski definition) is 2. The van der Waals surface area contributed by atoms with E-state index in [1.54, 1.807) is 0 Å². The molecule has 1 aromatic rings. The molecule has 0 atom stereocenters. The molecule has 100 valence electrons. The van der Waals surface area contributed by atoms with E-state index in [-0.39, 0.29) is 0 Å². The quantitative estimate of drug-likeness (QED) is 0.792. The largest absolute Gasteiger partial charge is 0.494 e. The zero-order valence-corrected chi connectivity index (χ0v) is 11.7. The molecule has 0 amide bonds. The summed E-state index contributed by atoms with van der Waals surface area (Å²) in [6.45, 7) is 7.19. The molecular weight excluding hydrogens is 222 g/mol. The summed E-state index contributed by atoms with van der Waals surface area (Å²) >= 11 is 0. The van der Waals surface area contributed by atoms with Gasteiger partial charge in [-0.05, 0) is 49.3 Å². The molecule has 1 fully saturated rings. The summed E-state index contributed by atoms with van der Waals surface area (Å²) in [5.41, 5.74) is 1.94. The fraction of sp³-hybridized carbons (Fsp3) is 0.625. The summed E-state index contributed by atoms with van der Waals surface area (Å²) in [5, 5.41) is 3.61. The number of rotatable bonds is 7. The van der Waals surface area contributed by atoms with Crippen molar-refractivity contribution in [3.05, 3.63) is 29.8 Å². The molecule has 0 bridgehead atoms. The Bertz CT molecular complexity index is 348. The first-order chi connectivity index (χ1) is 8.78. The molecule has 0 heterocycles. The monoisotopic (exact) mass is 247 g/mol. The lowest BCUT2D eigenvalue weighted by atomic mass is 9.67. The predicted molar refractivity (Wildman–Crippen MR) is 75.9 cm³/mol. The first-order valence-corrected chi connectivity index (χ1v) is 7.20. The van der Waals surface area contributed by atoms with Gasteiger partial charge in [0.2, 0.25) is 0 Å². The van der Waals surface area contributed by atoms with E-state index in [0.717, 1.165) is 25.4 Å². The van der Waals surface area contributed by atoms with Gasteiger partial charge in [-0.2, -0.15) is 0 Å². The van der Waals surface area contributed by atoms with Gasteiger partial charge in [-0.25, -0.2) is 0 Å². The zero-order chi connectivity index (χ0) is 12.8. The van der Waals surface area contributed by atoms with Gasteiger partial charge in [-0.15, -0.1) is 0 Å². The van der Waals surface area contributed by atoms with Gasteiger partial charge < -0.3 is 10.1 Å². The highest BCUT2D eigenvalue weighted by molar-refractivity contribution is 5.27. The number of hydrogen-bond donors (Lipinski definition) is 1. The van der Waals surface area contributed by atoms with Crippen LogP contribution in [-0.4, -0.2) is 13.2 Å². The second-order valence-corrected chi connectivity index (χ2v) is 5.39. The van der Waals surface area contributed by atoms with Crippen molar-refractivity contribution >= 4 is 0 Å². The van der Waals surface area contributed by atoms with Crippen LogP contribution < -0.4 is 10.1 Å². The maximum absolute atomic E-state index is 5.44. The van der Waals surface area contributed by atoms with Crippen molar-refractivity contribution in [2.24, 2.45) is 5.41 Å². The van der Waals surface area contributed by atoms with Crippen LogP contribution in [-0.2, 0) is 6.54 Å². The molecular formula is C16H25NO. The molecule has 2 heteroatoms. The first kappa shape index (κ1) is 13.4. The third-order valence-corrected chi connectivity index (χ3v) is 4.23. The Morgan fingerprint density at radius 3 is 2.39 bits per heavy atom. The molecule has 0 aliphatic heterocycles. The standard InChI is InChI=1S/C16H25NO/c1-3-16(10-5-11-16)13-17-12-14-6-8-15(9-7-14)18-4-2/h6-9,17H,3-5,10-13H2,1-2H3. The molecule has 0 radical (unpaired) electrons. The Hall–Kier alpha value is -1.02. The van der Waals surface area contributed by atoms with Gasteiger partial charge in [0.15, 0.2) is 0 Å². The van der Waals surface area contributed by atoms with Crippen molar-refractivity contribution in [2.45, 2.75) is 46.1 Å². The van der Waals surface area contributed by atoms with E-state index in [1.807, 2.05) is 6.92 Å². The molecule has 1 saturated carbocycles. The first-order valence-electron chi connectivity index (χ1n) is 7.20. The average Bonchev–Trinajstić information content (AvgIpc) is 2.35. The summed E-state index contributed by atoms with van der Waals surface area (Å²) in [7, 11) is 0. The summed E-state index contributed by atoms with van der Waals surface area (Å²) in [5.74, 6) is 0.963. The molecule has 1 N–H and O–H groups in total. The fourth-order valence-electron chi connectivity index (χ4n) is 2.67. The SMILES string of the molecule is CCOc1ccc(CNCC2(CC)CCC2)cc1. The lowest BCUT2D eigenvalue weighted by Gasteiger charge is -2.41. The summed E-state index contributed by atoms with van der Waals surface area (Å²) in [4.78, 5) is 0. The van der Waals surface area contributed by atoms with Crippen molar-refractivity contribution < 1.29 is 4.74 Å². The van der Waals surface area contributed by atoms with Crippen LogP contribution in [0.1, 0.15) is 45.1 Å². The average molecular weight is 247 g/mol. The van der Waals surface area contributed by atoms with Crippen molar-refractivity contribution in [1.82, 2.24) is 5.32 Å². The van der Waals surface area contributed by atoms with Crippen molar-refractivity contribution in [1.29, 1.82) is 0 Å². The molecule has 1 aromatic carbocycles. The third kappa shape index (κ3) is 3.26. The minimum absolute atomic E-state index is 0.602. The second kappa shape index (κ2) is 6.24. The highest BCUT2D eigenvalue weighted by atomic mass is 16.5. The molecule has 0 spiro atoms. The smallest absolute Gasteiger partial charge is 0.119 e. The van der Waals surface area contributed by atoms with Gasteiger partial charge in [-0.1, -0.05) is 25.5 Å². The Morgan fingerprint density at radius 2 is 1.89 bits per heavy atom. The van der Waals surface area contributed by atoms with Crippen LogP contribution in [0.3, 0.4) is 0 Å². The molecule has 2 rings (SSSR count). The normalized spacial score (nSPS) is 17.2. The molecule has 2 nitrogen and oxygen atoms in total. The van der Waals surface area contributed by atoms with E-state index in [4.69, 9.17) is 4.74 Å². The van der Waals surface area contributed by atoms with Crippen molar-refractivity contribution in [3.8, 4) is 5.75 Å². The Kier molecular flexibility index (Phi) is 4.65. The second-order valence-electron chi connectivity index (χ2n) is 5.39. The van der Waals surface area contributed by atoms with E-state index in [2.05, 4.69) is 36.5 Å². The maximum Gasteiger partial charge on any atom is 0.119 e. The minimum Gasteiger partial charge on any atom is -0.494 e. The van der Waals surface area contributed by atoms with Gasteiger partial charge in [0.05, 0.1) is 6.61 Å². The predicted octanol–water partition coefficient (Wildman–Crippen LogP) is 3.76. The fourth-order valence-corrected chi connectivity index (χ4v) is 2.67. The maximum atomic E-state index is 5.44. The Labute approximate surface area is 111 Å². The Balaban J connectivity index is 1.76. The lowest BCUT2D eigenvalue weighted by Crippen LogP contribution is -2.39. The van der Waals surface area contributed by atoms with Crippen LogP contribution in [0, 0.1) is 5.41 Å². The van der Waals surface area contributed by atoms with Crippen LogP contribution in [0.2, 0.25) is 0 Å². The van der Waals surface area contributed by atoms with E-state index in [9.17, 15) is 0 Å². The van der Waals surface area contributed by atoms with Crippen LogP contribution in [0.15, 0.2) is 24.3 Å². The van der Waals surface area contributed by atoms with E-state index < -0.39 is 0 Å². The number of ether oxygens (including phenoxy) is 1. The van der Waals surface area contributed by atoms with Crippen LogP contribution in [0.25, 0.3) is 0 Å². The summed E-state index contributed by atoms with van der Waals surface area (Å²) in [6.07, 6.45) is 5.53.